The summed E-state index contributed by atoms with van der Waals surface area (Å²) >= 11 is 0. The average molecular weight is 270 g/mol. The molecule has 0 radical (unpaired) electrons. The van der Waals surface area contributed by atoms with Crippen LogP contribution in [0.4, 0.5) is 0 Å². The van der Waals surface area contributed by atoms with Crippen molar-refractivity contribution in [2.45, 2.75) is 19.8 Å². The van der Waals surface area contributed by atoms with Crippen molar-refractivity contribution >= 4 is 30.9 Å². The van der Waals surface area contributed by atoms with Crippen LogP contribution in [0.15, 0.2) is 47.3 Å². The molecule has 1 unspecified atom stereocenters. The summed E-state index contributed by atoms with van der Waals surface area (Å²) in [7, 11) is -1.26. The average Bonchev–Trinajstić information content (AvgIpc) is 2.44. The molecule has 0 saturated carbocycles. The largest absolute Gasteiger partial charge is 0.590 e. The van der Waals surface area contributed by atoms with Gasteiger partial charge in [0.2, 0.25) is 5.43 Å². The normalized spacial score (nSPS) is 12.5. The summed E-state index contributed by atoms with van der Waals surface area (Å²) in [5, 5.41) is 1.20. The zero-order valence-corrected chi connectivity index (χ0v) is 11.7. The Morgan fingerprint density at radius 3 is 2.42 bits per heavy atom. The summed E-state index contributed by atoms with van der Waals surface area (Å²) in [6, 6.07) is 12.8. The first-order chi connectivity index (χ1) is 9.11. The molecule has 0 fully saturated rings. The van der Waals surface area contributed by atoms with Crippen molar-refractivity contribution in [1.82, 2.24) is 0 Å². The van der Waals surface area contributed by atoms with Crippen LogP contribution in [0.5, 0.6) is 0 Å². The number of rotatable bonds is 1. The standard InChI is InChI=1S/C16H14O2S/c1-10(2)11-7-5-9-14-15(11)16(17)12-6-3-4-8-13(12)19(14)18/h3-10H,1-2H3. The van der Waals surface area contributed by atoms with Crippen LogP contribution in [0.3, 0.4) is 0 Å². The van der Waals surface area contributed by atoms with Crippen LogP contribution in [0, 0.1) is 0 Å². The van der Waals surface area contributed by atoms with Crippen LogP contribution in [0.1, 0.15) is 25.3 Å². The third kappa shape index (κ3) is 1.78. The lowest BCUT2D eigenvalue weighted by Gasteiger charge is -2.10. The minimum atomic E-state index is -1.26. The molecule has 0 spiro atoms. The van der Waals surface area contributed by atoms with Gasteiger partial charge in [-0.05, 0) is 40.4 Å². The molecule has 3 aromatic rings. The van der Waals surface area contributed by atoms with Crippen LogP contribution in [-0.4, -0.2) is 4.55 Å². The molecule has 2 aromatic carbocycles. The minimum absolute atomic E-state index is 0.00509. The van der Waals surface area contributed by atoms with Gasteiger partial charge in [-0.15, -0.1) is 0 Å². The summed E-state index contributed by atoms with van der Waals surface area (Å²) in [5.41, 5.74) is 0.972. The molecule has 3 heteroatoms. The fraction of sp³-hybridized carbons (Fsp3) is 0.188. The molecule has 1 atom stereocenters. The third-order valence-electron chi connectivity index (χ3n) is 3.44. The molecule has 0 aliphatic rings. The van der Waals surface area contributed by atoms with Crippen molar-refractivity contribution in [2.24, 2.45) is 0 Å². The molecule has 96 valence electrons. The van der Waals surface area contributed by atoms with E-state index in [9.17, 15) is 9.35 Å². The summed E-state index contributed by atoms with van der Waals surface area (Å²) in [6.45, 7) is 4.10. The Morgan fingerprint density at radius 2 is 1.68 bits per heavy atom. The first-order valence-electron chi connectivity index (χ1n) is 6.29. The summed E-state index contributed by atoms with van der Waals surface area (Å²) < 4.78 is 13.9. The van der Waals surface area contributed by atoms with Gasteiger partial charge in [-0.1, -0.05) is 38.1 Å². The lowest BCUT2D eigenvalue weighted by molar-refractivity contribution is 0.601. The Kier molecular flexibility index (Phi) is 2.88. The highest BCUT2D eigenvalue weighted by molar-refractivity contribution is 7.36. The lowest BCUT2D eigenvalue weighted by atomic mass is 9.98. The van der Waals surface area contributed by atoms with Gasteiger partial charge < -0.3 is 4.55 Å². The molecule has 2 nitrogen and oxygen atoms in total. The van der Waals surface area contributed by atoms with E-state index >= 15 is 0 Å². The molecule has 0 saturated heterocycles. The summed E-state index contributed by atoms with van der Waals surface area (Å²) in [4.78, 5) is 12.6. The van der Waals surface area contributed by atoms with E-state index in [2.05, 4.69) is 0 Å². The monoisotopic (exact) mass is 270 g/mol. The van der Waals surface area contributed by atoms with E-state index in [0.29, 0.717) is 20.2 Å². The van der Waals surface area contributed by atoms with E-state index in [-0.39, 0.29) is 11.3 Å². The fourth-order valence-corrected chi connectivity index (χ4v) is 3.89. The van der Waals surface area contributed by atoms with E-state index in [0.717, 1.165) is 5.56 Å². The van der Waals surface area contributed by atoms with E-state index < -0.39 is 10.8 Å². The molecule has 3 rings (SSSR count). The molecule has 0 aliphatic carbocycles. The highest BCUT2D eigenvalue weighted by Gasteiger charge is 2.18. The van der Waals surface area contributed by atoms with Crippen molar-refractivity contribution in [3.8, 4) is 0 Å². The molecular weight excluding hydrogens is 256 g/mol. The maximum atomic E-state index is 12.6. The van der Waals surface area contributed by atoms with Crippen molar-refractivity contribution in [1.29, 1.82) is 0 Å². The molecule has 0 N–H and O–H groups in total. The maximum absolute atomic E-state index is 12.6. The van der Waals surface area contributed by atoms with E-state index in [1.165, 1.54) is 0 Å². The lowest BCUT2D eigenvalue weighted by Crippen LogP contribution is -2.06. The second kappa shape index (κ2) is 4.44. The third-order valence-corrected chi connectivity index (χ3v) is 4.93. The number of hydrogen-bond donors (Lipinski definition) is 0. The Labute approximate surface area is 114 Å². The quantitative estimate of drug-likeness (QED) is 0.491. The number of hydrogen-bond acceptors (Lipinski definition) is 2. The van der Waals surface area contributed by atoms with Crippen molar-refractivity contribution < 1.29 is 4.55 Å². The van der Waals surface area contributed by atoms with Gasteiger partial charge >= 0.3 is 0 Å². The molecule has 0 bridgehead atoms. The SMILES string of the molecule is CC(C)c1cccc2c1c(=O)c1ccccc1[s+]2[O-]. The van der Waals surface area contributed by atoms with Gasteiger partial charge in [0.05, 0.1) is 10.8 Å². The summed E-state index contributed by atoms with van der Waals surface area (Å²) in [6.07, 6.45) is 0. The van der Waals surface area contributed by atoms with Crippen LogP contribution in [-0.2, 0) is 0 Å². The first kappa shape index (κ1) is 12.3. The van der Waals surface area contributed by atoms with Gasteiger partial charge in [0.15, 0.2) is 9.40 Å². The fourth-order valence-electron chi connectivity index (χ4n) is 2.50. The molecule has 1 aromatic heterocycles. The van der Waals surface area contributed by atoms with Crippen molar-refractivity contribution in [3.63, 3.8) is 0 Å². The van der Waals surface area contributed by atoms with E-state index in [1.54, 1.807) is 18.2 Å². The number of benzene rings is 2. The predicted molar refractivity (Wildman–Crippen MR) is 80.5 cm³/mol. The topological polar surface area (TPSA) is 40.1 Å². The molecule has 1 heterocycles. The van der Waals surface area contributed by atoms with Crippen LogP contribution < -0.4 is 5.43 Å². The predicted octanol–water partition coefficient (Wildman–Crippen LogP) is 4.20. The molecule has 0 aliphatic heterocycles. The van der Waals surface area contributed by atoms with Gasteiger partial charge in [0, 0.05) is 0 Å². The van der Waals surface area contributed by atoms with Gasteiger partial charge in [0.25, 0.3) is 0 Å². The van der Waals surface area contributed by atoms with Gasteiger partial charge in [-0.3, -0.25) is 4.79 Å². The Bertz CT molecular complexity index is 831. The van der Waals surface area contributed by atoms with Gasteiger partial charge in [0.1, 0.15) is 0 Å². The maximum Gasteiger partial charge on any atom is 0.204 e. The first-order valence-corrected chi connectivity index (χ1v) is 7.44. The van der Waals surface area contributed by atoms with Crippen molar-refractivity contribution in [2.75, 3.05) is 0 Å². The number of fused-ring (bicyclic) bond motifs is 2. The second-order valence-corrected chi connectivity index (χ2v) is 6.39. The Hall–Kier alpha value is -1.71. The molecule has 19 heavy (non-hydrogen) atoms. The smallest absolute Gasteiger partial charge is 0.204 e. The van der Waals surface area contributed by atoms with E-state index in [1.807, 2.05) is 38.1 Å². The Balaban J connectivity index is 2.65. The van der Waals surface area contributed by atoms with Crippen LogP contribution >= 0.6 is 10.8 Å². The molecule has 0 amide bonds. The highest BCUT2D eigenvalue weighted by atomic mass is 32.2. The zero-order chi connectivity index (χ0) is 13.6. The van der Waals surface area contributed by atoms with Gasteiger partial charge in [-0.25, -0.2) is 0 Å². The zero-order valence-electron chi connectivity index (χ0n) is 10.8. The van der Waals surface area contributed by atoms with Crippen LogP contribution in [0.2, 0.25) is 0 Å². The summed E-state index contributed by atoms with van der Waals surface area (Å²) in [5.74, 6) is 0.237. The van der Waals surface area contributed by atoms with Crippen LogP contribution in [0.25, 0.3) is 20.2 Å². The second-order valence-electron chi connectivity index (χ2n) is 4.97. The highest BCUT2D eigenvalue weighted by Crippen LogP contribution is 2.35. The van der Waals surface area contributed by atoms with Crippen molar-refractivity contribution in [3.05, 3.63) is 58.3 Å². The van der Waals surface area contributed by atoms with Gasteiger partial charge in [-0.2, -0.15) is 0 Å². The molecular formula is C16H14O2S. The Morgan fingerprint density at radius 1 is 1.00 bits per heavy atom. The minimum Gasteiger partial charge on any atom is -0.590 e. The van der Waals surface area contributed by atoms with E-state index in [4.69, 9.17) is 0 Å².